The lowest BCUT2D eigenvalue weighted by Gasteiger charge is -2.10. The molecule has 0 fully saturated rings. The van der Waals surface area contributed by atoms with E-state index >= 15 is 0 Å². The van der Waals surface area contributed by atoms with E-state index in [1.165, 1.54) is 9.13 Å². The first-order chi connectivity index (χ1) is 13.8. The molecule has 152 valence electrons. The van der Waals surface area contributed by atoms with Gasteiger partial charge in [0.1, 0.15) is 0 Å². The molecule has 3 aromatic heterocycles. The molecule has 29 heavy (non-hydrogen) atoms. The number of unbranched alkanes of at least 4 members (excludes halogenated alkanes) is 2. The zero-order chi connectivity index (χ0) is 20.9. The fourth-order valence-electron chi connectivity index (χ4n) is 3.99. The molecule has 0 radical (unpaired) electrons. The van der Waals surface area contributed by atoms with Gasteiger partial charge in [0.25, 0.3) is 5.56 Å². The third kappa shape index (κ3) is 2.92. The molecular weight excluding hydrogens is 366 g/mol. The molecule has 7 nitrogen and oxygen atoms in total. The summed E-state index contributed by atoms with van der Waals surface area (Å²) in [5, 5.41) is 0. The number of fused-ring (bicyclic) bond motifs is 3. The van der Waals surface area contributed by atoms with E-state index in [0.717, 1.165) is 41.8 Å². The van der Waals surface area contributed by atoms with Crippen molar-refractivity contribution >= 4 is 16.9 Å². The van der Waals surface area contributed by atoms with Crippen LogP contribution in [-0.2, 0) is 13.6 Å². The molecular formula is C22H27N5O2. The number of benzene rings is 1. The molecule has 0 aliphatic rings. The van der Waals surface area contributed by atoms with E-state index in [0.29, 0.717) is 23.5 Å². The molecule has 0 N–H and O–H groups in total. The second-order valence-electron chi connectivity index (χ2n) is 7.86. The Morgan fingerprint density at radius 3 is 2.55 bits per heavy atom. The van der Waals surface area contributed by atoms with Crippen LogP contribution in [0.4, 0.5) is 0 Å². The number of aryl methyl sites for hydroxylation is 4. The monoisotopic (exact) mass is 393 g/mol. The number of rotatable bonds is 5. The third-order valence-electron chi connectivity index (χ3n) is 5.62. The molecule has 0 bridgehead atoms. The van der Waals surface area contributed by atoms with E-state index in [9.17, 15) is 9.59 Å². The molecule has 0 saturated heterocycles. The van der Waals surface area contributed by atoms with Gasteiger partial charge in [-0.25, -0.2) is 4.79 Å². The summed E-state index contributed by atoms with van der Waals surface area (Å²) in [5.74, 6) is 0.643. The zero-order valence-electron chi connectivity index (χ0n) is 17.7. The predicted molar refractivity (Wildman–Crippen MR) is 115 cm³/mol. The maximum absolute atomic E-state index is 13.2. The Kier molecular flexibility index (Phi) is 4.68. The van der Waals surface area contributed by atoms with E-state index in [-0.39, 0.29) is 11.2 Å². The molecule has 0 aliphatic heterocycles. The number of nitrogens with zero attached hydrogens (tertiary/aromatic N) is 5. The highest BCUT2D eigenvalue weighted by atomic mass is 16.2. The lowest BCUT2D eigenvalue weighted by Crippen LogP contribution is -2.39. The second-order valence-corrected chi connectivity index (χ2v) is 7.86. The maximum atomic E-state index is 13.2. The fraction of sp³-hybridized carbons (Fsp3) is 0.409. The third-order valence-corrected chi connectivity index (χ3v) is 5.62. The van der Waals surface area contributed by atoms with Crippen LogP contribution in [0.3, 0.4) is 0 Å². The summed E-state index contributed by atoms with van der Waals surface area (Å²) in [7, 11) is 1.68. The van der Waals surface area contributed by atoms with Crippen LogP contribution in [0.2, 0.25) is 0 Å². The highest BCUT2D eigenvalue weighted by Crippen LogP contribution is 2.24. The van der Waals surface area contributed by atoms with E-state index in [4.69, 9.17) is 4.98 Å². The summed E-state index contributed by atoms with van der Waals surface area (Å²) in [6.45, 7) is 8.65. The molecule has 0 saturated carbocycles. The van der Waals surface area contributed by atoms with Crippen molar-refractivity contribution < 1.29 is 0 Å². The Balaban J connectivity index is 2.04. The van der Waals surface area contributed by atoms with Gasteiger partial charge in [-0.05, 0) is 44.4 Å². The minimum absolute atomic E-state index is 0.273. The van der Waals surface area contributed by atoms with Crippen LogP contribution in [0.15, 0.2) is 34.0 Å². The number of hydrogen-bond acceptors (Lipinski definition) is 3. The van der Waals surface area contributed by atoms with Crippen molar-refractivity contribution in [3.8, 4) is 5.69 Å². The van der Waals surface area contributed by atoms with E-state index in [1.54, 1.807) is 7.05 Å². The summed E-state index contributed by atoms with van der Waals surface area (Å²) < 4.78 is 6.70. The first-order valence-electron chi connectivity index (χ1n) is 10.1. The molecule has 0 aliphatic carbocycles. The van der Waals surface area contributed by atoms with Crippen molar-refractivity contribution in [3.63, 3.8) is 0 Å². The van der Waals surface area contributed by atoms with Crippen LogP contribution >= 0.6 is 0 Å². The Hall–Kier alpha value is -3.09. The zero-order valence-corrected chi connectivity index (χ0v) is 17.7. The van der Waals surface area contributed by atoms with Crippen molar-refractivity contribution in [2.45, 2.75) is 53.5 Å². The van der Waals surface area contributed by atoms with Gasteiger partial charge in [-0.1, -0.05) is 31.9 Å². The van der Waals surface area contributed by atoms with E-state index < -0.39 is 0 Å². The summed E-state index contributed by atoms with van der Waals surface area (Å²) in [6, 6.07) is 6.28. The van der Waals surface area contributed by atoms with Gasteiger partial charge in [-0.15, -0.1) is 0 Å². The van der Waals surface area contributed by atoms with Crippen molar-refractivity contribution in [1.29, 1.82) is 0 Å². The minimum atomic E-state index is -0.311. The SMILES string of the molecule is CCCCCn1c(=O)c2c(nc3n(-c4cc(C)ccc4C)c(C)cn23)n(C)c1=O. The van der Waals surface area contributed by atoms with Gasteiger partial charge in [-0.2, -0.15) is 4.98 Å². The molecule has 3 heterocycles. The van der Waals surface area contributed by atoms with E-state index in [2.05, 4.69) is 39.0 Å². The van der Waals surface area contributed by atoms with Gasteiger partial charge >= 0.3 is 5.69 Å². The summed E-state index contributed by atoms with van der Waals surface area (Å²) >= 11 is 0. The Labute approximate surface area is 168 Å². The van der Waals surface area contributed by atoms with Crippen LogP contribution in [0.1, 0.15) is 43.0 Å². The molecule has 0 unspecified atom stereocenters. The lowest BCUT2D eigenvalue weighted by atomic mass is 10.1. The molecule has 7 heteroatoms. The summed E-state index contributed by atoms with van der Waals surface area (Å²) in [5.41, 5.74) is 4.56. The maximum Gasteiger partial charge on any atom is 0.332 e. The van der Waals surface area contributed by atoms with Crippen LogP contribution in [0.5, 0.6) is 0 Å². The van der Waals surface area contributed by atoms with Crippen molar-refractivity contribution in [2.75, 3.05) is 0 Å². The van der Waals surface area contributed by atoms with Crippen LogP contribution in [-0.4, -0.2) is 23.1 Å². The van der Waals surface area contributed by atoms with Gasteiger partial charge < -0.3 is 0 Å². The number of imidazole rings is 2. The molecule has 1 aromatic carbocycles. The first-order valence-corrected chi connectivity index (χ1v) is 10.1. The van der Waals surface area contributed by atoms with Crippen molar-refractivity contribution in [2.24, 2.45) is 7.05 Å². The smallest absolute Gasteiger partial charge is 0.283 e. The lowest BCUT2D eigenvalue weighted by molar-refractivity contribution is 0.550. The van der Waals surface area contributed by atoms with Crippen molar-refractivity contribution in [1.82, 2.24) is 23.1 Å². The highest BCUT2D eigenvalue weighted by molar-refractivity contribution is 5.76. The molecule has 0 atom stereocenters. The van der Waals surface area contributed by atoms with E-state index in [1.807, 2.05) is 22.1 Å². The van der Waals surface area contributed by atoms with Crippen LogP contribution in [0, 0.1) is 20.8 Å². The molecule has 0 amide bonds. The average Bonchev–Trinajstić information content (AvgIpc) is 3.19. The first kappa shape index (κ1) is 19.2. The van der Waals surface area contributed by atoms with Gasteiger partial charge in [-0.3, -0.25) is 22.9 Å². The summed E-state index contributed by atoms with van der Waals surface area (Å²) in [6.07, 6.45) is 4.75. The normalized spacial score (nSPS) is 11.8. The fourth-order valence-corrected chi connectivity index (χ4v) is 3.99. The van der Waals surface area contributed by atoms with Gasteiger partial charge in [0, 0.05) is 25.5 Å². The van der Waals surface area contributed by atoms with Crippen LogP contribution in [0.25, 0.3) is 22.6 Å². The minimum Gasteiger partial charge on any atom is -0.283 e. The topological polar surface area (TPSA) is 66.2 Å². The quantitative estimate of drug-likeness (QED) is 0.489. The Morgan fingerprint density at radius 2 is 1.83 bits per heavy atom. The van der Waals surface area contributed by atoms with Gasteiger partial charge in [0.15, 0.2) is 11.2 Å². The van der Waals surface area contributed by atoms with Gasteiger partial charge in [0.2, 0.25) is 5.78 Å². The van der Waals surface area contributed by atoms with Crippen LogP contribution < -0.4 is 11.2 Å². The Bertz CT molecular complexity index is 1350. The van der Waals surface area contributed by atoms with Crippen molar-refractivity contribution in [3.05, 3.63) is 62.1 Å². The second kappa shape index (κ2) is 7.06. The van der Waals surface area contributed by atoms with Gasteiger partial charge in [0.05, 0.1) is 5.69 Å². The number of aromatic nitrogens is 5. The average molecular weight is 393 g/mol. The molecule has 4 aromatic rings. The summed E-state index contributed by atoms with van der Waals surface area (Å²) in [4.78, 5) is 30.7. The Morgan fingerprint density at radius 1 is 1.07 bits per heavy atom. The predicted octanol–water partition coefficient (Wildman–Crippen LogP) is 3.25. The molecule has 4 rings (SSSR count). The largest absolute Gasteiger partial charge is 0.332 e. The number of hydrogen-bond donors (Lipinski definition) is 0. The highest BCUT2D eigenvalue weighted by Gasteiger charge is 2.21. The standard InChI is InChI=1S/C22H27N5O2/c1-6-7-8-11-25-20(28)18-19(24(5)22(25)29)23-21-26(18)13-16(4)27(21)17-12-14(2)9-10-15(17)3/h9-10,12-13H,6-8,11H2,1-5H3. The molecule has 0 spiro atoms.